The van der Waals surface area contributed by atoms with Crippen molar-refractivity contribution in [1.82, 2.24) is 0 Å². The van der Waals surface area contributed by atoms with E-state index >= 15 is 0 Å². The Morgan fingerprint density at radius 2 is 2.25 bits per heavy atom. The second-order valence-electron chi connectivity index (χ2n) is 3.30. The number of carboxylic acid groups (broad SMARTS) is 1. The van der Waals surface area contributed by atoms with Gasteiger partial charge in [-0.1, -0.05) is 17.7 Å². The molecule has 0 atom stereocenters. The van der Waals surface area contributed by atoms with Gasteiger partial charge in [0, 0.05) is 6.42 Å². The minimum Gasteiger partial charge on any atom is -0.495 e. The van der Waals surface area contributed by atoms with Crippen molar-refractivity contribution < 1.29 is 19.0 Å². The molecule has 16 heavy (non-hydrogen) atoms. The molecule has 1 aromatic rings. The van der Waals surface area contributed by atoms with E-state index < -0.39 is 11.8 Å². The highest BCUT2D eigenvalue weighted by atomic mass is 35.5. The molecule has 0 spiro atoms. The first-order chi connectivity index (χ1) is 7.56. The van der Waals surface area contributed by atoms with Crippen LogP contribution in [0.15, 0.2) is 12.1 Å². The van der Waals surface area contributed by atoms with Gasteiger partial charge in [-0.25, -0.2) is 4.39 Å². The third-order valence-electron chi connectivity index (χ3n) is 2.18. The fourth-order valence-electron chi connectivity index (χ4n) is 1.35. The van der Waals surface area contributed by atoms with E-state index in [4.69, 9.17) is 21.4 Å². The molecule has 0 radical (unpaired) electrons. The Balaban J connectivity index is 2.74. The summed E-state index contributed by atoms with van der Waals surface area (Å²) in [7, 11) is 1.41. The average Bonchev–Trinajstić information content (AvgIpc) is 2.24. The van der Waals surface area contributed by atoms with E-state index in [1.165, 1.54) is 7.11 Å². The molecule has 0 amide bonds. The summed E-state index contributed by atoms with van der Waals surface area (Å²) in [6.07, 6.45) is 0.750. The summed E-state index contributed by atoms with van der Waals surface area (Å²) < 4.78 is 18.5. The molecule has 0 saturated carbocycles. The Kier molecular flexibility index (Phi) is 4.55. The molecular formula is C11H12ClFO3. The number of hydrogen-bond donors (Lipinski definition) is 1. The first-order valence-electron chi connectivity index (χ1n) is 4.79. The number of carboxylic acids is 1. The van der Waals surface area contributed by atoms with Gasteiger partial charge < -0.3 is 9.84 Å². The molecule has 0 aliphatic heterocycles. The minimum absolute atomic E-state index is 0.0170. The minimum atomic E-state index is -0.889. The van der Waals surface area contributed by atoms with E-state index in [-0.39, 0.29) is 17.2 Å². The predicted molar refractivity (Wildman–Crippen MR) is 58.5 cm³/mol. The topological polar surface area (TPSA) is 46.5 Å². The van der Waals surface area contributed by atoms with E-state index in [2.05, 4.69) is 0 Å². The second kappa shape index (κ2) is 5.70. The molecule has 88 valence electrons. The molecule has 0 saturated heterocycles. The van der Waals surface area contributed by atoms with Gasteiger partial charge in [-0.15, -0.1) is 0 Å². The second-order valence-corrected chi connectivity index (χ2v) is 3.68. The van der Waals surface area contributed by atoms with Crippen LogP contribution in [0.25, 0.3) is 0 Å². The number of benzene rings is 1. The standard InChI is InChI=1S/C11H12ClFO3/c1-16-8-6-5-7(11(13)10(8)12)3-2-4-9(14)15/h5-6H,2-4H2,1H3,(H,14,15). The number of carbonyl (C=O) groups is 1. The van der Waals surface area contributed by atoms with Gasteiger partial charge in [-0.2, -0.15) is 0 Å². The maximum Gasteiger partial charge on any atom is 0.303 e. The van der Waals surface area contributed by atoms with Crippen molar-refractivity contribution >= 4 is 17.6 Å². The molecule has 3 nitrogen and oxygen atoms in total. The maximum atomic E-state index is 13.6. The number of rotatable bonds is 5. The lowest BCUT2D eigenvalue weighted by Gasteiger charge is -2.07. The van der Waals surface area contributed by atoms with E-state index in [9.17, 15) is 9.18 Å². The van der Waals surface area contributed by atoms with Gasteiger partial charge in [-0.3, -0.25) is 4.79 Å². The molecular weight excluding hydrogens is 235 g/mol. The molecule has 1 rings (SSSR count). The molecule has 5 heteroatoms. The summed E-state index contributed by atoms with van der Waals surface area (Å²) in [6, 6.07) is 3.13. The number of hydrogen-bond acceptors (Lipinski definition) is 2. The first-order valence-corrected chi connectivity index (χ1v) is 5.16. The van der Waals surface area contributed by atoms with Crippen LogP contribution in [0.1, 0.15) is 18.4 Å². The van der Waals surface area contributed by atoms with Crippen molar-refractivity contribution in [2.45, 2.75) is 19.3 Å². The van der Waals surface area contributed by atoms with Gasteiger partial charge >= 0.3 is 5.97 Å². The van der Waals surface area contributed by atoms with Crippen LogP contribution in [-0.2, 0) is 11.2 Å². The highest BCUT2D eigenvalue weighted by Gasteiger charge is 2.12. The van der Waals surface area contributed by atoms with E-state index in [0.717, 1.165) is 0 Å². The van der Waals surface area contributed by atoms with Crippen molar-refractivity contribution in [1.29, 1.82) is 0 Å². The van der Waals surface area contributed by atoms with Crippen LogP contribution in [0.2, 0.25) is 5.02 Å². The summed E-state index contributed by atoms with van der Waals surface area (Å²) in [4.78, 5) is 10.3. The summed E-state index contributed by atoms with van der Waals surface area (Å²) >= 11 is 5.72. The van der Waals surface area contributed by atoms with Gasteiger partial charge in [0.05, 0.1) is 7.11 Å². The lowest BCUT2D eigenvalue weighted by atomic mass is 10.1. The van der Waals surface area contributed by atoms with Crippen molar-refractivity contribution in [3.63, 3.8) is 0 Å². The van der Waals surface area contributed by atoms with Crippen LogP contribution in [0.3, 0.4) is 0 Å². The SMILES string of the molecule is COc1ccc(CCCC(=O)O)c(F)c1Cl. The molecule has 0 aromatic heterocycles. The zero-order chi connectivity index (χ0) is 12.1. The largest absolute Gasteiger partial charge is 0.495 e. The van der Waals surface area contributed by atoms with E-state index in [1.807, 2.05) is 0 Å². The van der Waals surface area contributed by atoms with Crippen molar-refractivity contribution in [2.75, 3.05) is 7.11 Å². The lowest BCUT2D eigenvalue weighted by molar-refractivity contribution is -0.137. The fourth-order valence-corrected chi connectivity index (χ4v) is 1.61. The third kappa shape index (κ3) is 3.10. The molecule has 0 aliphatic carbocycles. The van der Waals surface area contributed by atoms with Gasteiger partial charge in [0.2, 0.25) is 0 Å². The average molecular weight is 247 g/mol. The molecule has 0 aliphatic rings. The fraction of sp³-hybridized carbons (Fsp3) is 0.364. The Labute approximate surface area is 97.8 Å². The molecule has 0 unspecified atom stereocenters. The van der Waals surface area contributed by atoms with E-state index in [0.29, 0.717) is 18.4 Å². The quantitative estimate of drug-likeness (QED) is 0.869. The summed E-state index contributed by atoms with van der Waals surface area (Å²) in [5, 5.41) is 8.40. The van der Waals surface area contributed by atoms with Gasteiger partial charge in [-0.05, 0) is 24.5 Å². The highest BCUT2D eigenvalue weighted by molar-refractivity contribution is 6.32. The summed E-state index contributed by atoms with van der Waals surface area (Å²) in [6.45, 7) is 0. The predicted octanol–water partition coefficient (Wildman–Crippen LogP) is 2.90. The normalized spacial score (nSPS) is 10.2. The lowest BCUT2D eigenvalue weighted by Crippen LogP contribution is -1.98. The summed E-state index contributed by atoms with van der Waals surface area (Å²) in [5.74, 6) is -1.15. The Morgan fingerprint density at radius 3 is 2.81 bits per heavy atom. The monoisotopic (exact) mass is 246 g/mol. The molecule has 1 aromatic carbocycles. The number of ether oxygens (including phenoxy) is 1. The highest BCUT2D eigenvalue weighted by Crippen LogP contribution is 2.29. The Bertz CT molecular complexity index is 393. The number of aliphatic carboxylic acids is 1. The van der Waals surface area contributed by atoms with Crippen LogP contribution in [0, 0.1) is 5.82 Å². The van der Waals surface area contributed by atoms with Crippen molar-refractivity contribution in [2.24, 2.45) is 0 Å². The third-order valence-corrected chi connectivity index (χ3v) is 2.54. The smallest absolute Gasteiger partial charge is 0.303 e. The maximum absolute atomic E-state index is 13.6. The van der Waals surface area contributed by atoms with Gasteiger partial charge in [0.25, 0.3) is 0 Å². The molecule has 1 N–H and O–H groups in total. The van der Waals surface area contributed by atoms with Crippen LogP contribution in [-0.4, -0.2) is 18.2 Å². The number of halogens is 2. The van der Waals surface area contributed by atoms with Crippen LogP contribution in [0.4, 0.5) is 4.39 Å². The molecule has 0 fully saturated rings. The first kappa shape index (κ1) is 12.8. The van der Waals surface area contributed by atoms with Crippen molar-refractivity contribution in [3.8, 4) is 5.75 Å². The van der Waals surface area contributed by atoms with E-state index in [1.54, 1.807) is 12.1 Å². The Morgan fingerprint density at radius 1 is 1.56 bits per heavy atom. The van der Waals surface area contributed by atoms with Gasteiger partial charge in [0.1, 0.15) is 16.6 Å². The zero-order valence-corrected chi connectivity index (χ0v) is 9.55. The van der Waals surface area contributed by atoms with Crippen molar-refractivity contribution in [3.05, 3.63) is 28.5 Å². The zero-order valence-electron chi connectivity index (χ0n) is 8.80. The Hall–Kier alpha value is -1.29. The van der Waals surface area contributed by atoms with Crippen LogP contribution >= 0.6 is 11.6 Å². The number of aryl methyl sites for hydroxylation is 1. The summed E-state index contributed by atoms with van der Waals surface area (Å²) in [5.41, 5.74) is 0.409. The molecule has 0 bridgehead atoms. The van der Waals surface area contributed by atoms with Gasteiger partial charge in [0.15, 0.2) is 0 Å². The van der Waals surface area contributed by atoms with Crippen LogP contribution < -0.4 is 4.74 Å². The number of methoxy groups -OCH3 is 1. The van der Waals surface area contributed by atoms with Crippen LogP contribution in [0.5, 0.6) is 5.75 Å². The molecule has 0 heterocycles.